The van der Waals surface area contributed by atoms with Crippen LogP contribution >= 0.6 is 0 Å². The van der Waals surface area contributed by atoms with Gasteiger partial charge in [0.2, 0.25) is 5.91 Å². The number of ether oxygens (including phenoxy) is 1. The molecule has 0 aromatic heterocycles. The van der Waals surface area contributed by atoms with Crippen LogP contribution in [-0.4, -0.2) is 42.5 Å². The lowest BCUT2D eigenvalue weighted by Crippen LogP contribution is -2.34. The smallest absolute Gasteiger partial charge is 0.269 e. The summed E-state index contributed by atoms with van der Waals surface area (Å²) < 4.78 is 5.40. The minimum Gasteiger partial charge on any atom is -0.376 e. The fourth-order valence-corrected chi connectivity index (χ4v) is 2.25. The van der Waals surface area contributed by atoms with Gasteiger partial charge < -0.3 is 15.4 Å². The Bertz CT molecular complexity index is 567. The summed E-state index contributed by atoms with van der Waals surface area (Å²) in [6, 6.07) is 5.29. The zero-order valence-electron chi connectivity index (χ0n) is 12.6. The summed E-state index contributed by atoms with van der Waals surface area (Å²) in [5.41, 5.74) is 0.241. The van der Waals surface area contributed by atoms with Gasteiger partial charge in [-0.05, 0) is 25.0 Å². The second-order valence-electron chi connectivity index (χ2n) is 5.25. The molecule has 2 N–H and O–H groups in total. The number of amides is 2. The third-order valence-electron chi connectivity index (χ3n) is 3.53. The second-order valence-corrected chi connectivity index (χ2v) is 5.25. The van der Waals surface area contributed by atoms with Crippen molar-refractivity contribution in [3.8, 4) is 0 Å². The van der Waals surface area contributed by atoms with Gasteiger partial charge >= 0.3 is 0 Å². The number of nitrogens with one attached hydrogen (secondary N) is 2. The minimum atomic E-state index is -0.528. The van der Waals surface area contributed by atoms with Gasteiger partial charge in [0.1, 0.15) is 0 Å². The highest BCUT2D eigenvalue weighted by Gasteiger charge is 2.16. The molecule has 1 atom stereocenters. The summed E-state index contributed by atoms with van der Waals surface area (Å²) in [6.07, 6.45) is 2.24. The van der Waals surface area contributed by atoms with E-state index in [-0.39, 0.29) is 36.6 Å². The first-order chi connectivity index (χ1) is 11.1. The Balaban J connectivity index is 1.67. The highest BCUT2D eigenvalue weighted by molar-refractivity contribution is 5.94. The molecule has 0 radical (unpaired) electrons. The lowest BCUT2D eigenvalue weighted by Gasteiger charge is -2.11. The number of hydrogen-bond acceptors (Lipinski definition) is 5. The van der Waals surface area contributed by atoms with Crippen LogP contribution in [0.3, 0.4) is 0 Å². The Hall–Kier alpha value is -2.48. The molecule has 1 aromatic rings. The molecule has 1 fully saturated rings. The quantitative estimate of drug-likeness (QED) is 0.575. The zero-order valence-corrected chi connectivity index (χ0v) is 12.6. The molecule has 1 heterocycles. The topological polar surface area (TPSA) is 111 Å². The van der Waals surface area contributed by atoms with E-state index in [0.717, 1.165) is 19.4 Å². The molecule has 23 heavy (non-hydrogen) atoms. The van der Waals surface area contributed by atoms with Crippen LogP contribution in [-0.2, 0) is 9.53 Å². The third kappa shape index (κ3) is 5.33. The molecule has 8 heteroatoms. The van der Waals surface area contributed by atoms with Crippen molar-refractivity contribution in [1.82, 2.24) is 10.6 Å². The fourth-order valence-electron chi connectivity index (χ4n) is 2.25. The van der Waals surface area contributed by atoms with Gasteiger partial charge in [0, 0.05) is 43.8 Å². The van der Waals surface area contributed by atoms with E-state index in [4.69, 9.17) is 4.74 Å². The SMILES string of the molecule is O=C(CCNC(=O)c1ccc([N+](=O)[O-])cc1)NC[C@H]1CCCO1. The molecule has 1 aliphatic rings. The van der Waals surface area contributed by atoms with Crippen LogP contribution in [0.4, 0.5) is 5.69 Å². The van der Waals surface area contributed by atoms with E-state index in [0.29, 0.717) is 12.1 Å². The molecule has 0 saturated carbocycles. The first-order valence-corrected chi connectivity index (χ1v) is 7.47. The Kier molecular flexibility index (Phi) is 6.04. The van der Waals surface area contributed by atoms with Crippen molar-refractivity contribution >= 4 is 17.5 Å². The number of nitrogens with zero attached hydrogens (tertiary/aromatic N) is 1. The van der Waals surface area contributed by atoms with E-state index in [1.54, 1.807) is 0 Å². The van der Waals surface area contributed by atoms with Crippen LogP contribution < -0.4 is 10.6 Å². The normalized spacial score (nSPS) is 16.8. The fraction of sp³-hybridized carbons (Fsp3) is 0.467. The van der Waals surface area contributed by atoms with Crippen molar-refractivity contribution in [1.29, 1.82) is 0 Å². The molecule has 0 unspecified atom stereocenters. The monoisotopic (exact) mass is 321 g/mol. The first kappa shape index (κ1) is 16.9. The van der Waals surface area contributed by atoms with Crippen LogP contribution in [0.5, 0.6) is 0 Å². The molecular formula is C15H19N3O5. The van der Waals surface area contributed by atoms with Crippen LogP contribution in [0.1, 0.15) is 29.6 Å². The average Bonchev–Trinajstić information content (AvgIpc) is 3.06. The first-order valence-electron chi connectivity index (χ1n) is 7.47. The lowest BCUT2D eigenvalue weighted by atomic mass is 10.2. The van der Waals surface area contributed by atoms with Crippen molar-refractivity contribution in [3.63, 3.8) is 0 Å². The van der Waals surface area contributed by atoms with Crippen molar-refractivity contribution in [3.05, 3.63) is 39.9 Å². The molecule has 0 aliphatic carbocycles. The highest BCUT2D eigenvalue weighted by Crippen LogP contribution is 2.12. The summed E-state index contributed by atoms with van der Waals surface area (Å²) >= 11 is 0. The highest BCUT2D eigenvalue weighted by atomic mass is 16.6. The Morgan fingerprint density at radius 2 is 2.00 bits per heavy atom. The van der Waals surface area contributed by atoms with E-state index in [2.05, 4.69) is 10.6 Å². The number of benzene rings is 1. The predicted molar refractivity (Wildman–Crippen MR) is 82.0 cm³/mol. The van der Waals surface area contributed by atoms with E-state index in [1.807, 2.05) is 0 Å². The van der Waals surface area contributed by atoms with E-state index in [1.165, 1.54) is 24.3 Å². The van der Waals surface area contributed by atoms with Crippen LogP contribution in [0.25, 0.3) is 0 Å². The number of non-ortho nitro benzene ring substituents is 1. The van der Waals surface area contributed by atoms with Crippen molar-refractivity contribution in [2.75, 3.05) is 19.7 Å². The van der Waals surface area contributed by atoms with Gasteiger partial charge in [0.25, 0.3) is 11.6 Å². The Labute approximate surface area is 133 Å². The maximum Gasteiger partial charge on any atom is 0.269 e. The van der Waals surface area contributed by atoms with Gasteiger partial charge in [0.05, 0.1) is 11.0 Å². The number of hydrogen-bond donors (Lipinski definition) is 2. The molecule has 2 amide bonds. The summed E-state index contributed by atoms with van der Waals surface area (Å²) in [5, 5.41) is 15.9. The average molecular weight is 321 g/mol. The van der Waals surface area contributed by atoms with Gasteiger partial charge in [-0.1, -0.05) is 0 Å². The standard InChI is InChI=1S/C15H19N3O5/c19-14(17-10-13-2-1-9-23-13)7-8-16-15(20)11-3-5-12(6-4-11)18(21)22/h3-6,13H,1-2,7-10H2,(H,16,20)(H,17,19)/t13-/m1/s1. The molecular weight excluding hydrogens is 302 g/mol. The van der Waals surface area contributed by atoms with Gasteiger partial charge in [-0.15, -0.1) is 0 Å². The van der Waals surface area contributed by atoms with E-state index in [9.17, 15) is 19.7 Å². The molecule has 124 valence electrons. The van der Waals surface area contributed by atoms with Crippen molar-refractivity contribution in [2.24, 2.45) is 0 Å². The summed E-state index contributed by atoms with van der Waals surface area (Å²) in [4.78, 5) is 33.5. The van der Waals surface area contributed by atoms with Crippen molar-refractivity contribution in [2.45, 2.75) is 25.4 Å². The van der Waals surface area contributed by atoms with Crippen LogP contribution in [0, 0.1) is 10.1 Å². The molecule has 0 bridgehead atoms. The summed E-state index contributed by atoms with van der Waals surface area (Å²) in [5.74, 6) is -0.517. The zero-order chi connectivity index (χ0) is 16.7. The molecule has 0 spiro atoms. The Morgan fingerprint density at radius 1 is 1.26 bits per heavy atom. The van der Waals surface area contributed by atoms with Crippen molar-refractivity contribution < 1.29 is 19.2 Å². The Morgan fingerprint density at radius 3 is 2.61 bits per heavy atom. The van der Waals surface area contributed by atoms with Gasteiger partial charge in [-0.3, -0.25) is 19.7 Å². The van der Waals surface area contributed by atoms with Gasteiger partial charge in [0.15, 0.2) is 0 Å². The molecule has 1 aromatic carbocycles. The second kappa shape index (κ2) is 8.23. The third-order valence-corrected chi connectivity index (χ3v) is 3.53. The maximum absolute atomic E-state index is 11.8. The molecule has 1 aliphatic heterocycles. The maximum atomic E-state index is 11.8. The predicted octanol–water partition coefficient (Wildman–Crippen LogP) is 1.01. The van der Waals surface area contributed by atoms with E-state index >= 15 is 0 Å². The number of rotatable bonds is 7. The largest absolute Gasteiger partial charge is 0.376 e. The lowest BCUT2D eigenvalue weighted by molar-refractivity contribution is -0.384. The van der Waals surface area contributed by atoms with Gasteiger partial charge in [-0.2, -0.15) is 0 Å². The minimum absolute atomic E-state index is 0.0740. The summed E-state index contributed by atoms with van der Waals surface area (Å²) in [7, 11) is 0. The summed E-state index contributed by atoms with van der Waals surface area (Å²) in [6.45, 7) is 1.44. The van der Waals surface area contributed by atoms with E-state index < -0.39 is 4.92 Å². The molecule has 1 saturated heterocycles. The molecule has 2 rings (SSSR count). The molecule has 8 nitrogen and oxygen atoms in total. The number of carbonyl (C=O) groups excluding carboxylic acids is 2. The number of nitro benzene ring substituents is 1. The van der Waals surface area contributed by atoms with Crippen LogP contribution in [0.2, 0.25) is 0 Å². The van der Waals surface area contributed by atoms with Crippen LogP contribution in [0.15, 0.2) is 24.3 Å². The van der Waals surface area contributed by atoms with Gasteiger partial charge in [-0.25, -0.2) is 0 Å². The number of carbonyl (C=O) groups is 2. The number of nitro groups is 1.